The molecule has 1 unspecified atom stereocenters. The molecule has 2 nitrogen and oxygen atoms in total. The van der Waals surface area contributed by atoms with Crippen LogP contribution in [-0.4, -0.2) is 9.55 Å². The highest BCUT2D eigenvalue weighted by Crippen LogP contribution is 2.24. The van der Waals surface area contributed by atoms with Crippen molar-refractivity contribution in [1.82, 2.24) is 9.55 Å². The summed E-state index contributed by atoms with van der Waals surface area (Å²) >= 11 is 0. The van der Waals surface area contributed by atoms with Crippen LogP contribution in [0.4, 0.5) is 4.39 Å². The zero-order valence-electron chi connectivity index (χ0n) is 10.6. The van der Waals surface area contributed by atoms with Crippen LogP contribution >= 0.6 is 0 Å². The molecule has 1 aromatic carbocycles. The number of benzene rings is 1. The van der Waals surface area contributed by atoms with Crippen molar-refractivity contribution in [2.45, 2.75) is 38.6 Å². The predicted molar refractivity (Wildman–Crippen MR) is 69.1 cm³/mol. The van der Waals surface area contributed by atoms with Crippen LogP contribution < -0.4 is 0 Å². The van der Waals surface area contributed by atoms with Crippen LogP contribution in [0.1, 0.15) is 42.9 Å². The van der Waals surface area contributed by atoms with E-state index in [0.717, 1.165) is 24.1 Å². The lowest BCUT2D eigenvalue weighted by Crippen LogP contribution is -2.14. The van der Waals surface area contributed by atoms with E-state index in [4.69, 9.17) is 0 Å². The Labute approximate surface area is 106 Å². The van der Waals surface area contributed by atoms with E-state index in [-0.39, 0.29) is 5.82 Å². The monoisotopic (exact) mass is 244 g/mol. The van der Waals surface area contributed by atoms with Gasteiger partial charge in [0, 0.05) is 25.1 Å². The third-order valence-electron chi connectivity index (χ3n) is 3.65. The van der Waals surface area contributed by atoms with Crippen LogP contribution in [-0.2, 0) is 12.8 Å². The number of aromatic nitrogens is 2. The Morgan fingerprint density at radius 2 is 2.11 bits per heavy atom. The molecule has 94 valence electrons. The number of nitrogens with zero attached hydrogens (tertiary/aromatic N) is 2. The summed E-state index contributed by atoms with van der Waals surface area (Å²) < 4.78 is 15.1. The number of rotatable bonds is 2. The minimum absolute atomic E-state index is 0.184. The molecule has 2 heterocycles. The van der Waals surface area contributed by atoms with Crippen LogP contribution in [0, 0.1) is 5.82 Å². The topological polar surface area (TPSA) is 17.8 Å². The van der Waals surface area contributed by atoms with Gasteiger partial charge in [-0.15, -0.1) is 0 Å². The van der Waals surface area contributed by atoms with Gasteiger partial charge in [-0.3, -0.25) is 0 Å². The molecule has 0 N–H and O–H groups in total. The Morgan fingerprint density at radius 3 is 2.83 bits per heavy atom. The molecule has 1 atom stereocenters. The Kier molecular flexibility index (Phi) is 2.90. The van der Waals surface area contributed by atoms with E-state index < -0.39 is 0 Å². The van der Waals surface area contributed by atoms with Crippen molar-refractivity contribution in [2.24, 2.45) is 0 Å². The molecule has 0 amide bonds. The molecule has 2 aromatic rings. The van der Waals surface area contributed by atoms with Crippen LogP contribution in [0.5, 0.6) is 0 Å². The maximum Gasteiger partial charge on any atom is 0.123 e. The summed E-state index contributed by atoms with van der Waals surface area (Å²) in [5.74, 6) is 1.02. The second kappa shape index (κ2) is 4.56. The van der Waals surface area contributed by atoms with Gasteiger partial charge in [-0.2, -0.15) is 0 Å². The van der Waals surface area contributed by atoms with Gasteiger partial charge in [-0.1, -0.05) is 12.1 Å². The number of hydrogen-bond acceptors (Lipinski definition) is 1. The lowest BCUT2D eigenvalue weighted by molar-refractivity contribution is 0.425. The van der Waals surface area contributed by atoms with E-state index in [1.807, 2.05) is 12.1 Å². The van der Waals surface area contributed by atoms with E-state index >= 15 is 0 Å². The zero-order valence-corrected chi connectivity index (χ0v) is 10.6. The number of aryl methyl sites for hydroxylation is 1. The largest absolute Gasteiger partial charge is 0.332 e. The molecule has 0 aliphatic carbocycles. The molecule has 1 aliphatic heterocycles. The SMILES string of the molecule is CC1CCCc2nc(Cc3ccc(F)cc3)cn21. The second-order valence-corrected chi connectivity index (χ2v) is 5.10. The average Bonchev–Trinajstić information content (AvgIpc) is 2.76. The molecule has 3 rings (SSSR count). The summed E-state index contributed by atoms with van der Waals surface area (Å²) in [6.45, 7) is 2.24. The van der Waals surface area contributed by atoms with Crippen molar-refractivity contribution in [2.75, 3.05) is 0 Å². The van der Waals surface area contributed by atoms with Crippen LogP contribution in [0.3, 0.4) is 0 Å². The van der Waals surface area contributed by atoms with Crippen molar-refractivity contribution < 1.29 is 4.39 Å². The van der Waals surface area contributed by atoms with E-state index in [9.17, 15) is 4.39 Å². The quantitative estimate of drug-likeness (QED) is 0.790. The molecule has 0 fully saturated rings. The minimum atomic E-state index is -0.184. The van der Waals surface area contributed by atoms with Gasteiger partial charge in [0.05, 0.1) is 5.69 Å². The van der Waals surface area contributed by atoms with Crippen molar-refractivity contribution in [3.8, 4) is 0 Å². The lowest BCUT2D eigenvalue weighted by Gasteiger charge is -2.20. The lowest BCUT2D eigenvalue weighted by atomic mass is 10.1. The van der Waals surface area contributed by atoms with Gasteiger partial charge < -0.3 is 4.57 Å². The van der Waals surface area contributed by atoms with Crippen LogP contribution in [0.2, 0.25) is 0 Å². The molecule has 0 spiro atoms. The van der Waals surface area contributed by atoms with Gasteiger partial charge in [0.25, 0.3) is 0 Å². The van der Waals surface area contributed by atoms with E-state index in [0.29, 0.717) is 6.04 Å². The first-order chi connectivity index (χ1) is 8.72. The summed E-state index contributed by atoms with van der Waals surface area (Å²) in [7, 11) is 0. The molecule has 0 saturated carbocycles. The van der Waals surface area contributed by atoms with Gasteiger partial charge in [-0.05, 0) is 37.5 Å². The normalized spacial score (nSPS) is 18.7. The molecule has 0 bridgehead atoms. The second-order valence-electron chi connectivity index (χ2n) is 5.10. The summed E-state index contributed by atoms with van der Waals surface area (Å²) in [6, 6.07) is 7.24. The number of imidazole rings is 1. The fourth-order valence-corrected chi connectivity index (χ4v) is 2.65. The predicted octanol–water partition coefficient (Wildman–Crippen LogP) is 3.51. The molecule has 0 radical (unpaired) electrons. The maximum atomic E-state index is 12.8. The Bertz CT molecular complexity index is 542. The first-order valence-corrected chi connectivity index (χ1v) is 6.53. The van der Waals surface area contributed by atoms with Gasteiger partial charge in [0.2, 0.25) is 0 Å². The fraction of sp³-hybridized carbons (Fsp3) is 0.400. The molecule has 0 saturated heterocycles. The molecular formula is C15H17FN2. The average molecular weight is 244 g/mol. The first kappa shape index (κ1) is 11.5. The van der Waals surface area contributed by atoms with E-state index in [1.54, 1.807) is 0 Å². The van der Waals surface area contributed by atoms with Gasteiger partial charge in [0.15, 0.2) is 0 Å². The number of halogens is 1. The standard InChI is InChI=1S/C15H17FN2/c1-11-3-2-4-15-17-14(10-18(11)15)9-12-5-7-13(16)8-6-12/h5-8,10-11H,2-4,9H2,1H3. The van der Waals surface area contributed by atoms with E-state index in [2.05, 4.69) is 22.7 Å². The first-order valence-electron chi connectivity index (χ1n) is 6.53. The van der Waals surface area contributed by atoms with Crippen molar-refractivity contribution >= 4 is 0 Å². The van der Waals surface area contributed by atoms with Gasteiger partial charge in [-0.25, -0.2) is 9.37 Å². The summed E-state index contributed by atoms with van der Waals surface area (Å²) in [4.78, 5) is 4.69. The zero-order chi connectivity index (χ0) is 12.5. The van der Waals surface area contributed by atoms with Gasteiger partial charge in [0.1, 0.15) is 11.6 Å². The Morgan fingerprint density at radius 1 is 1.33 bits per heavy atom. The third kappa shape index (κ3) is 2.17. The van der Waals surface area contributed by atoms with Crippen molar-refractivity contribution in [3.05, 3.63) is 53.4 Å². The summed E-state index contributed by atoms with van der Waals surface area (Å²) in [5, 5.41) is 0. The Balaban J connectivity index is 1.83. The maximum absolute atomic E-state index is 12.8. The smallest absolute Gasteiger partial charge is 0.123 e. The molecule has 3 heteroatoms. The number of hydrogen-bond donors (Lipinski definition) is 0. The molecule has 18 heavy (non-hydrogen) atoms. The Hall–Kier alpha value is -1.64. The molecule has 1 aromatic heterocycles. The summed E-state index contributed by atoms with van der Waals surface area (Å²) in [6.07, 6.45) is 6.48. The fourth-order valence-electron chi connectivity index (χ4n) is 2.65. The van der Waals surface area contributed by atoms with Gasteiger partial charge >= 0.3 is 0 Å². The third-order valence-corrected chi connectivity index (χ3v) is 3.65. The van der Waals surface area contributed by atoms with Crippen LogP contribution in [0.15, 0.2) is 30.5 Å². The molecular weight excluding hydrogens is 227 g/mol. The number of fused-ring (bicyclic) bond motifs is 1. The van der Waals surface area contributed by atoms with Crippen LogP contribution in [0.25, 0.3) is 0 Å². The van der Waals surface area contributed by atoms with E-state index in [1.165, 1.54) is 30.8 Å². The summed E-state index contributed by atoms with van der Waals surface area (Å²) in [5.41, 5.74) is 2.20. The highest BCUT2D eigenvalue weighted by molar-refractivity contribution is 5.22. The van der Waals surface area contributed by atoms with Crippen molar-refractivity contribution in [3.63, 3.8) is 0 Å². The minimum Gasteiger partial charge on any atom is -0.332 e. The highest BCUT2D eigenvalue weighted by atomic mass is 19.1. The molecule has 1 aliphatic rings. The van der Waals surface area contributed by atoms with Crippen molar-refractivity contribution in [1.29, 1.82) is 0 Å². The highest BCUT2D eigenvalue weighted by Gasteiger charge is 2.17.